The van der Waals surface area contributed by atoms with E-state index < -0.39 is 0 Å². The van der Waals surface area contributed by atoms with Crippen molar-refractivity contribution in [2.75, 3.05) is 32.7 Å². The number of piperidine rings is 1. The van der Waals surface area contributed by atoms with E-state index in [0.29, 0.717) is 13.1 Å². The lowest BCUT2D eigenvalue weighted by molar-refractivity contribution is -0.126. The molecule has 3 fully saturated rings. The second kappa shape index (κ2) is 7.91. The van der Waals surface area contributed by atoms with Crippen molar-refractivity contribution in [2.24, 2.45) is 5.92 Å². The Labute approximate surface area is 162 Å². The predicted octanol–water partition coefficient (Wildman–Crippen LogP) is 3.15. The first kappa shape index (κ1) is 18.3. The van der Waals surface area contributed by atoms with Crippen molar-refractivity contribution in [3.8, 4) is 0 Å². The van der Waals surface area contributed by atoms with Crippen LogP contribution in [0.1, 0.15) is 50.5 Å². The molecule has 4 rings (SSSR count). The van der Waals surface area contributed by atoms with Crippen LogP contribution in [0.2, 0.25) is 0 Å². The molecule has 2 saturated heterocycles. The average Bonchev–Trinajstić information content (AvgIpc) is 3.22. The van der Waals surface area contributed by atoms with E-state index in [-0.39, 0.29) is 23.3 Å². The Kier molecular flexibility index (Phi) is 5.37. The van der Waals surface area contributed by atoms with E-state index in [1.165, 1.54) is 12.0 Å². The first-order chi connectivity index (χ1) is 13.2. The summed E-state index contributed by atoms with van der Waals surface area (Å²) in [5, 5.41) is 3.23. The summed E-state index contributed by atoms with van der Waals surface area (Å²) >= 11 is 0. The molecular weight excluding hydrogens is 338 g/mol. The molecule has 5 nitrogen and oxygen atoms in total. The van der Waals surface area contributed by atoms with E-state index in [1.807, 2.05) is 15.9 Å². The third kappa shape index (κ3) is 3.83. The van der Waals surface area contributed by atoms with E-state index in [1.54, 1.807) is 0 Å². The van der Waals surface area contributed by atoms with Crippen LogP contribution in [0.3, 0.4) is 0 Å². The summed E-state index contributed by atoms with van der Waals surface area (Å²) in [6.07, 6.45) is 7.51. The minimum atomic E-state index is -0.0711. The SMILES string of the molecule is O=C(NCC1(c2ccccc2)CCC1)[C@H]1CCCN(C(=O)N2CCCC2)C1. The quantitative estimate of drug-likeness (QED) is 0.886. The van der Waals surface area contributed by atoms with Crippen LogP contribution in [-0.4, -0.2) is 54.5 Å². The van der Waals surface area contributed by atoms with Crippen LogP contribution in [0.5, 0.6) is 0 Å². The lowest BCUT2D eigenvalue weighted by Gasteiger charge is -2.43. The zero-order valence-corrected chi connectivity index (χ0v) is 16.2. The number of carbonyl (C=O) groups is 2. The van der Waals surface area contributed by atoms with Gasteiger partial charge in [0.2, 0.25) is 5.91 Å². The van der Waals surface area contributed by atoms with Crippen LogP contribution >= 0.6 is 0 Å². The van der Waals surface area contributed by atoms with Crippen LogP contribution < -0.4 is 5.32 Å². The van der Waals surface area contributed by atoms with E-state index in [9.17, 15) is 9.59 Å². The fourth-order valence-electron chi connectivity index (χ4n) is 4.84. The summed E-state index contributed by atoms with van der Waals surface area (Å²) < 4.78 is 0. The molecule has 3 amide bonds. The Balaban J connectivity index is 1.33. The molecule has 1 aromatic carbocycles. The highest BCUT2D eigenvalue weighted by Crippen LogP contribution is 2.43. The molecular formula is C22H31N3O2. The van der Waals surface area contributed by atoms with Gasteiger partial charge in [0.15, 0.2) is 0 Å². The largest absolute Gasteiger partial charge is 0.355 e. The summed E-state index contributed by atoms with van der Waals surface area (Å²) in [6, 6.07) is 10.7. The van der Waals surface area contributed by atoms with Crippen molar-refractivity contribution >= 4 is 11.9 Å². The molecule has 3 aliphatic rings. The standard InChI is InChI=1S/C22H31N3O2/c26-20(23-17-22(11-7-12-22)19-9-2-1-3-10-19)18-8-6-15-25(16-18)21(27)24-13-4-5-14-24/h1-3,9-10,18H,4-8,11-17H2,(H,23,26)/t18-/m0/s1. The predicted molar refractivity (Wildman–Crippen MR) is 105 cm³/mol. The first-order valence-corrected chi connectivity index (χ1v) is 10.6. The number of nitrogens with zero attached hydrogens (tertiary/aromatic N) is 2. The number of likely N-dealkylation sites (tertiary alicyclic amines) is 2. The maximum Gasteiger partial charge on any atom is 0.320 e. The zero-order chi connectivity index (χ0) is 18.7. The molecule has 0 aromatic heterocycles. The molecule has 27 heavy (non-hydrogen) atoms. The number of carbonyl (C=O) groups excluding carboxylic acids is 2. The second-order valence-electron chi connectivity index (χ2n) is 8.48. The van der Waals surface area contributed by atoms with Crippen LogP contribution in [0, 0.1) is 5.92 Å². The van der Waals surface area contributed by atoms with Gasteiger partial charge in [-0.05, 0) is 44.1 Å². The van der Waals surface area contributed by atoms with Gasteiger partial charge in [0, 0.05) is 38.1 Å². The van der Waals surface area contributed by atoms with Gasteiger partial charge >= 0.3 is 6.03 Å². The fourth-order valence-corrected chi connectivity index (χ4v) is 4.84. The second-order valence-corrected chi connectivity index (χ2v) is 8.48. The van der Waals surface area contributed by atoms with Gasteiger partial charge in [-0.1, -0.05) is 36.8 Å². The average molecular weight is 370 g/mol. The monoisotopic (exact) mass is 369 g/mol. The van der Waals surface area contributed by atoms with E-state index in [4.69, 9.17) is 0 Å². The van der Waals surface area contributed by atoms with Gasteiger partial charge in [-0.15, -0.1) is 0 Å². The first-order valence-electron chi connectivity index (χ1n) is 10.6. The summed E-state index contributed by atoms with van der Waals surface area (Å²) in [5.41, 5.74) is 1.45. The normalized spacial score (nSPS) is 24.4. The maximum atomic E-state index is 12.8. The minimum absolute atomic E-state index is 0.0711. The lowest BCUT2D eigenvalue weighted by Crippen LogP contribution is -2.52. The van der Waals surface area contributed by atoms with Gasteiger partial charge in [-0.2, -0.15) is 0 Å². The van der Waals surface area contributed by atoms with Gasteiger partial charge < -0.3 is 15.1 Å². The maximum absolute atomic E-state index is 12.8. The van der Waals surface area contributed by atoms with Gasteiger partial charge in [-0.25, -0.2) is 4.79 Å². The number of urea groups is 1. The molecule has 2 aliphatic heterocycles. The third-order valence-electron chi connectivity index (χ3n) is 6.74. The zero-order valence-electron chi connectivity index (χ0n) is 16.2. The van der Waals surface area contributed by atoms with Crippen molar-refractivity contribution in [2.45, 2.75) is 50.4 Å². The van der Waals surface area contributed by atoms with E-state index in [0.717, 1.165) is 58.2 Å². The molecule has 2 heterocycles. The Bertz CT molecular complexity index is 665. The van der Waals surface area contributed by atoms with Crippen molar-refractivity contribution in [3.63, 3.8) is 0 Å². The molecule has 0 bridgehead atoms. The Morgan fingerprint density at radius 1 is 0.963 bits per heavy atom. The molecule has 0 spiro atoms. The van der Waals surface area contributed by atoms with E-state index >= 15 is 0 Å². The van der Waals surface area contributed by atoms with Crippen LogP contribution in [0.25, 0.3) is 0 Å². The Hall–Kier alpha value is -2.04. The highest BCUT2D eigenvalue weighted by atomic mass is 16.2. The minimum Gasteiger partial charge on any atom is -0.355 e. The topological polar surface area (TPSA) is 52.7 Å². The van der Waals surface area contributed by atoms with Gasteiger partial charge in [0.05, 0.1) is 5.92 Å². The lowest BCUT2D eigenvalue weighted by atomic mass is 9.64. The van der Waals surface area contributed by atoms with Crippen LogP contribution in [-0.2, 0) is 10.2 Å². The highest BCUT2D eigenvalue weighted by molar-refractivity contribution is 5.81. The Morgan fingerprint density at radius 2 is 1.67 bits per heavy atom. The van der Waals surface area contributed by atoms with Gasteiger partial charge in [0.25, 0.3) is 0 Å². The number of amides is 3. The van der Waals surface area contributed by atoms with Gasteiger partial charge in [-0.3, -0.25) is 4.79 Å². The van der Waals surface area contributed by atoms with Crippen molar-refractivity contribution < 1.29 is 9.59 Å². The highest BCUT2D eigenvalue weighted by Gasteiger charge is 2.39. The smallest absolute Gasteiger partial charge is 0.320 e. The summed E-state index contributed by atoms with van der Waals surface area (Å²) in [4.78, 5) is 29.3. The fraction of sp³-hybridized carbons (Fsp3) is 0.636. The molecule has 5 heteroatoms. The van der Waals surface area contributed by atoms with Crippen molar-refractivity contribution in [1.29, 1.82) is 0 Å². The molecule has 1 N–H and O–H groups in total. The summed E-state index contributed by atoms with van der Waals surface area (Å²) in [7, 11) is 0. The molecule has 0 radical (unpaired) electrons. The summed E-state index contributed by atoms with van der Waals surface area (Å²) in [6.45, 7) is 3.80. The van der Waals surface area contributed by atoms with Crippen LogP contribution in [0.4, 0.5) is 4.79 Å². The molecule has 1 aromatic rings. The molecule has 1 saturated carbocycles. The molecule has 0 unspecified atom stereocenters. The number of hydrogen-bond acceptors (Lipinski definition) is 2. The van der Waals surface area contributed by atoms with Crippen molar-refractivity contribution in [1.82, 2.24) is 15.1 Å². The molecule has 146 valence electrons. The summed E-state index contributed by atoms with van der Waals surface area (Å²) in [5.74, 6) is 0.0503. The Morgan fingerprint density at radius 3 is 2.33 bits per heavy atom. The number of rotatable bonds is 4. The van der Waals surface area contributed by atoms with Crippen LogP contribution in [0.15, 0.2) is 30.3 Å². The number of nitrogens with one attached hydrogen (secondary N) is 1. The number of hydrogen-bond donors (Lipinski definition) is 1. The van der Waals surface area contributed by atoms with Crippen molar-refractivity contribution in [3.05, 3.63) is 35.9 Å². The van der Waals surface area contributed by atoms with E-state index in [2.05, 4.69) is 29.6 Å². The molecule has 1 atom stereocenters. The third-order valence-corrected chi connectivity index (χ3v) is 6.74. The molecule has 1 aliphatic carbocycles. The van der Waals surface area contributed by atoms with Gasteiger partial charge in [0.1, 0.15) is 0 Å². The number of benzene rings is 1.